The summed E-state index contributed by atoms with van der Waals surface area (Å²) in [7, 11) is -4.13. The van der Waals surface area contributed by atoms with Gasteiger partial charge in [0.2, 0.25) is 11.8 Å². The van der Waals surface area contributed by atoms with Gasteiger partial charge in [0.25, 0.3) is 10.0 Å². The molecule has 1 N–H and O–H groups in total. The molecule has 0 bridgehead atoms. The highest BCUT2D eigenvalue weighted by Crippen LogP contribution is 2.25. The quantitative estimate of drug-likeness (QED) is 0.189. The molecule has 4 aromatic carbocycles. The maximum atomic E-state index is 14.4. The van der Waals surface area contributed by atoms with E-state index in [0.717, 1.165) is 21.0 Å². The van der Waals surface area contributed by atoms with Crippen LogP contribution in [0.15, 0.2) is 114 Å². The van der Waals surface area contributed by atoms with E-state index in [2.05, 4.69) is 5.32 Å². The van der Waals surface area contributed by atoms with Crippen molar-refractivity contribution in [2.24, 2.45) is 5.92 Å². The number of nitrogens with zero attached hydrogens (tertiary/aromatic N) is 2. The Labute approximate surface area is 265 Å². The van der Waals surface area contributed by atoms with Crippen molar-refractivity contribution in [1.82, 2.24) is 10.2 Å². The van der Waals surface area contributed by atoms with E-state index in [0.29, 0.717) is 17.3 Å². The average Bonchev–Trinajstić information content (AvgIpc) is 3.02. The minimum absolute atomic E-state index is 0.0631. The Hall–Kier alpha value is -4.14. The van der Waals surface area contributed by atoms with E-state index in [-0.39, 0.29) is 29.7 Å². The minimum Gasteiger partial charge on any atom is -0.354 e. The van der Waals surface area contributed by atoms with E-state index in [1.54, 1.807) is 66.7 Å². The van der Waals surface area contributed by atoms with E-state index in [1.165, 1.54) is 17.0 Å². The summed E-state index contributed by atoms with van der Waals surface area (Å²) >= 11 is 6.14. The Bertz CT molecular complexity index is 1630. The highest BCUT2D eigenvalue weighted by molar-refractivity contribution is 7.92. The van der Waals surface area contributed by atoms with Gasteiger partial charge >= 0.3 is 0 Å². The van der Waals surface area contributed by atoms with E-state index in [9.17, 15) is 18.0 Å². The van der Waals surface area contributed by atoms with Crippen molar-refractivity contribution in [2.45, 2.75) is 44.7 Å². The SMILES string of the molecule is Cc1ccc(N(CC(=O)N(Cc2ccc(Cl)cc2)[C@@H](Cc2ccccc2)C(=O)NCC(C)C)S(=O)(=O)c2ccccc2)cc1. The van der Waals surface area contributed by atoms with Gasteiger partial charge in [0.05, 0.1) is 10.6 Å². The van der Waals surface area contributed by atoms with Crippen molar-refractivity contribution in [3.63, 3.8) is 0 Å². The third-order valence-electron chi connectivity index (χ3n) is 7.15. The van der Waals surface area contributed by atoms with Crippen LogP contribution in [0.5, 0.6) is 0 Å². The van der Waals surface area contributed by atoms with Crippen LogP contribution in [0.1, 0.15) is 30.5 Å². The lowest BCUT2D eigenvalue weighted by Crippen LogP contribution is -2.53. The molecule has 0 aliphatic carbocycles. The van der Waals surface area contributed by atoms with Gasteiger partial charge in [-0.05, 0) is 60.4 Å². The molecule has 0 fully saturated rings. The molecule has 1 atom stereocenters. The molecule has 230 valence electrons. The van der Waals surface area contributed by atoms with Gasteiger partial charge in [-0.15, -0.1) is 0 Å². The van der Waals surface area contributed by atoms with Gasteiger partial charge < -0.3 is 10.2 Å². The number of hydrogen-bond donors (Lipinski definition) is 1. The number of anilines is 1. The second-order valence-corrected chi connectivity index (χ2v) is 13.5. The van der Waals surface area contributed by atoms with Gasteiger partial charge in [0.15, 0.2) is 0 Å². The summed E-state index contributed by atoms with van der Waals surface area (Å²) < 4.78 is 29.1. The van der Waals surface area contributed by atoms with Crippen LogP contribution in [0.2, 0.25) is 5.02 Å². The number of nitrogens with one attached hydrogen (secondary N) is 1. The number of benzene rings is 4. The largest absolute Gasteiger partial charge is 0.354 e. The van der Waals surface area contributed by atoms with E-state index in [4.69, 9.17) is 11.6 Å². The van der Waals surface area contributed by atoms with Gasteiger partial charge in [-0.3, -0.25) is 13.9 Å². The zero-order valence-corrected chi connectivity index (χ0v) is 26.8. The molecule has 0 aliphatic rings. The summed E-state index contributed by atoms with van der Waals surface area (Å²) in [6.45, 7) is 5.91. The summed E-state index contributed by atoms with van der Waals surface area (Å²) in [5.41, 5.74) is 2.93. The lowest BCUT2D eigenvalue weighted by atomic mass is 10.0. The van der Waals surface area contributed by atoms with Crippen LogP contribution in [0, 0.1) is 12.8 Å². The summed E-state index contributed by atoms with van der Waals surface area (Å²) in [6, 6.07) is 30.6. The molecule has 2 amide bonds. The Kier molecular flexibility index (Phi) is 11.2. The third kappa shape index (κ3) is 8.71. The fourth-order valence-corrected chi connectivity index (χ4v) is 6.28. The second kappa shape index (κ2) is 15.0. The normalized spacial score (nSPS) is 12.0. The summed E-state index contributed by atoms with van der Waals surface area (Å²) in [4.78, 5) is 29.8. The maximum absolute atomic E-state index is 14.4. The topological polar surface area (TPSA) is 86.8 Å². The van der Waals surface area contributed by atoms with Gasteiger partial charge in [0.1, 0.15) is 12.6 Å². The van der Waals surface area contributed by atoms with Crippen LogP contribution in [0.25, 0.3) is 0 Å². The molecule has 4 aromatic rings. The first-order valence-electron chi connectivity index (χ1n) is 14.5. The zero-order valence-electron chi connectivity index (χ0n) is 25.2. The first-order valence-corrected chi connectivity index (χ1v) is 16.4. The molecular formula is C35H38ClN3O4S. The average molecular weight is 632 g/mol. The fourth-order valence-electron chi connectivity index (χ4n) is 4.72. The minimum atomic E-state index is -4.13. The Morgan fingerprint density at radius 3 is 1.98 bits per heavy atom. The first kappa shape index (κ1) is 32.8. The van der Waals surface area contributed by atoms with Gasteiger partial charge in [-0.1, -0.05) is 104 Å². The number of halogens is 1. The number of carbonyl (C=O) groups is 2. The van der Waals surface area contributed by atoms with Crippen LogP contribution in [-0.2, 0) is 32.6 Å². The third-order valence-corrected chi connectivity index (χ3v) is 9.19. The molecule has 0 aromatic heterocycles. The van der Waals surface area contributed by atoms with Crippen LogP contribution >= 0.6 is 11.6 Å². The van der Waals surface area contributed by atoms with Crippen LogP contribution in [0.3, 0.4) is 0 Å². The lowest BCUT2D eigenvalue weighted by molar-refractivity contribution is -0.140. The predicted octanol–water partition coefficient (Wildman–Crippen LogP) is 6.26. The summed E-state index contributed by atoms with van der Waals surface area (Å²) in [5.74, 6) is -0.622. The van der Waals surface area contributed by atoms with Crippen molar-refractivity contribution in [3.05, 3.63) is 131 Å². The van der Waals surface area contributed by atoms with Crippen molar-refractivity contribution < 1.29 is 18.0 Å². The molecule has 44 heavy (non-hydrogen) atoms. The standard InChI is InChI=1S/C35H38ClN3O4S/c1-26(2)23-37-35(41)33(22-28-10-6-4-7-11-28)38(24-29-16-18-30(36)19-17-29)34(40)25-39(31-20-14-27(3)15-21-31)44(42,43)32-12-8-5-9-13-32/h4-21,26,33H,22-25H2,1-3H3,(H,37,41)/t33-/m0/s1. The molecule has 0 spiro atoms. The molecule has 0 radical (unpaired) electrons. The lowest BCUT2D eigenvalue weighted by Gasteiger charge is -2.34. The van der Waals surface area contributed by atoms with Crippen molar-refractivity contribution in [2.75, 3.05) is 17.4 Å². The number of sulfonamides is 1. The molecule has 7 nitrogen and oxygen atoms in total. The number of aryl methyl sites for hydroxylation is 1. The van der Waals surface area contributed by atoms with E-state index < -0.39 is 28.5 Å². The highest BCUT2D eigenvalue weighted by atomic mass is 35.5. The molecular weight excluding hydrogens is 594 g/mol. The Morgan fingerprint density at radius 2 is 1.39 bits per heavy atom. The summed E-state index contributed by atoms with van der Waals surface area (Å²) in [5, 5.41) is 3.54. The van der Waals surface area contributed by atoms with Gasteiger partial charge in [-0.2, -0.15) is 0 Å². The smallest absolute Gasteiger partial charge is 0.264 e. The molecule has 0 saturated heterocycles. The van der Waals surface area contributed by atoms with Crippen molar-refractivity contribution in [1.29, 1.82) is 0 Å². The Balaban J connectivity index is 1.78. The molecule has 0 aliphatic heterocycles. The predicted molar refractivity (Wildman–Crippen MR) is 176 cm³/mol. The van der Waals surface area contributed by atoms with Crippen molar-refractivity contribution >= 4 is 39.1 Å². The molecule has 4 rings (SSSR count). The molecule has 9 heteroatoms. The maximum Gasteiger partial charge on any atom is 0.264 e. The Morgan fingerprint density at radius 1 is 0.795 bits per heavy atom. The highest BCUT2D eigenvalue weighted by Gasteiger charge is 2.34. The molecule has 0 heterocycles. The molecule has 0 saturated carbocycles. The van der Waals surface area contributed by atoms with E-state index >= 15 is 0 Å². The number of hydrogen-bond acceptors (Lipinski definition) is 4. The number of rotatable bonds is 13. The summed E-state index contributed by atoms with van der Waals surface area (Å²) in [6.07, 6.45) is 0.250. The van der Waals surface area contributed by atoms with Crippen molar-refractivity contribution in [3.8, 4) is 0 Å². The number of carbonyl (C=O) groups excluding carboxylic acids is 2. The first-order chi connectivity index (χ1) is 21.0. The fraction of sp³-hybridized carbons (Fsp3) is 0.257. The van der Waals surface area contributed by atoms with Gasteiger partial charge in [-0.25, -0.2) is 8.42 Å². The van der Waals surface area contributed by atoms with Crippen LogP contribution in [-0.4, -0.2) is 44.3 Å². The van der Waals surface area contributed by atoms with Crippen LogP contribution in [0.4, 0.5) is 5.69 Å². The van der Waals surface area contributed by atoms with Gasteiger partial charge in [0, 0.05) is 24.5 Å². The number of amides is 2. The van der Waals surface area contributed by atoms with E-state index in [1.807, 2.05) is 51.1 Å². The second-order valence-electron chi connectivity index (χ2n) is 11.2. The zero-order chi connectivity index (χ0) is 31.7. The van der Waals surface area contributed by atoms with Crippen LogP contribution < -0.4 is 9.62 Å². The molecule has 0 unspecified atom stereocenters. The monoisotopic (exact) mass is 631 g/mol.